The quantitative estimate of drug-likeness (QED) is 0.850. The zero-order valence-electron chi connectivity index (χ0n) is 11.8. The molecule has 2 atom stereocenters. The van der Waals surface area contributed by atoms with E-state index in [9.17, 15) is 9.18 Å². The van der Waals surface area contributed by atoms with E-state index >= 15 is 0 Å². The first kappa shape index (κ1) is 15.0. The predicted molar refractivity (Wildman–Crippen MR) is 84.3 cm³/mol. The number of carbonyl (C=O) groups excluding carboxylic acids is 1. The standard InChI is InChI=1S/C16H20BrFN2O/c17-13-5-4-12(8-14(13)18)20-16(21)11-6-9-2-1-3-10(7-11)15(9)19/h4-5,8-11,15H,1-3,6-7,19H2,(H,20,21). The third kappa shape index (κ3) is 3.14. The van der Waals surface area contributed by atoms with Crippen molar-refractivity contribution in [3.05, 3.63) is 28.5 Å². The predicted octanol–water partition coefficient (Wildman–Crippen LogP) is 3.68. The average Bonchev–Trinajstić information content (AvgIpc) is 2.42. The smallest absolute Gasteiger partial charge is 0.227 e. The van der Waals surface area contributed by atoms with Gasteiger partial charge in [-0.3, -0.25) is 4.79 Å². The Labute approximate surface area is 132 Å². The lowest BCUT2D eigenvalue weighted by atomic mass is 9.65. The second kappa shape index (κ2) is 6.05. The number of amides is 1. The second-order valence-corrected chi connectivity index (χ2v) is 7.17. The van der Waals surface area contributed by atoms with Crippen LogP contribution in [0.25, 0.3) is 0 Å². The van der Waals surface area contributed by atoms with Crippen molar-refractivity contribution in [2.24, 2.45) is 23.5 Å². The summed E-state index contributed by atoms with van der Waals surface area (Å²) in [6, 6.07) is 4.92. The monoisotopic (exact) mass is 354 g/mol. The highest BCUT2D eigenvalue weighted by Crippen LogP contribution is 2.42. The van der Waals surface area contributed by atoms with Crippen molar-refractivity contribution < 1.29 is 9.18 Å². The molecule has 0 spiro atoms. The van der Waals surface area contributed by atoms with Gasteiger partial charge in [0.15, 0.2) is 0 Å². The van der Waals surface area contributed by atoms with Gasteiger partial charge in [-0.2, -0.15) is 0 Å². The van der Waals surface area contributed by atoms with E-state index in [1.165, 1.54) is 12.5 Å². The van der Waals surface area contributed by atoms with Gasteiger partial charge in [-0.1, -0.05) is 6.42 Å². The maximum atomic E-state index is 13.5. The molecule has 2 bridgehead atoms. The third-order valence-corrected chi connectivity index (χ3v) is 5.61. The molecule has 1 aromatic carbocycles. The van der Waals surface area contributed by atoms with Gasteiger partial charge in [0, 0.05) is 17.6 Å². The molecule has 1 aromatic rings. The van der Waals surface area contributed by atoms with Crippen molar-refractivity contribution in [1.82, 2.24) is 0 Å². The number of fused-ring (bicyclic) bond motifs is 2. The number of nitrogens with two attached hydrogens (primary N) is 1. The molecule has 114 valence electrons. The molecule has 0 radical (unpaired) electrons. The Balaban J connectivity index is 1.67. The molecule has 2 fully saturated rings. The molecule has 1 amide bonds. The van der Waals surface area contributed by atoms with E-state index in [2.05, 4.69) is 21.2 Å². The molecule has 5 heteroatoms. The van der Waals surface area contributed by atoms with Crippen LogP contribution in [0, 0.1) is 23.6 Å². The first-order valence-electron chi connectivity index (χ1n) is 7.56. The molecule has 0 aromatic heterocycles. The van der Waals surface area contributed by atoms with Gasteiger partial charge in [0.1, 0.15) is 5.82 Å². The van der Waals surface area contributed by atoms with E-state index in [-0.39, 0.29) is 23.7 Å². The molecule has 2 aliphatic carbocycles. The van der Waals surface area contributed by atoms with E-state index in [4.69, 9.17) is 5.73 Å². The number of anilines is 1. The number of halogens is 2. The van der Waals surface area contributed by atoms with Crippen LogP contribution in [-0.2, 0) is 4.79 Å². The highest BCUT2D eigenvalue weighted by molar-refractivity contribution is 9.10. The zero-order chi connectivity index (χ0) is 15.0. The first-order chi connectivity index (χ1) is 10.0. The summed E-state index contributed by atoms with van der Waals surface area (Å²) in [6.07, 6.45) is 5.23. The van der Waals surface area contributed by atoms with Gasteiger partial charge in [0.2, 0.25) is 5.91 Å². The molecule has 3 rings (SSSR count). The van der Waals surface area contributed by atoms with Crippen LogP contribution in [0.15, 0.2) is 22.7 Å². The maximum Gasteiger partial charge on any atom is 0.227 e. The molecule has 3 N–H and O–H groups in total. The van der Waals surface area contributed by atoms with Crippen LogP contribution in [0.1, 0.15) is 32.1 Å². The van der Waals surface area contributed by atoms with Crippen LogP contribution < -0.4 is 11.1 Å². The Hall–Kier alpha value is -0.940. The number of nitrogens with one attached hydrogen (secondary N) is 1. The minimum absolute atomic E-state index is 0.000484. The molecule has 21 heavy (non-hydrogen) atoms. The van der Waals surface area contributed by atoms with Crippen LogP contribution in [0.5, 0.6) is 0 Å². The summed E-state index contributed by atoms with van der Waals surface area (Å²) in [5.41, 5.74) is 6.76. The molecular weight excluding hydrogens is 335 g/mol. The minimum atomic E-state index is -0.365. The minimum Gasteiger partial charge on any atom is -0.327 e. The van der Waals surface area contributed by atoms with E-state index in [0.29, 0.717) is 22.0 Å². The SMILES string of the molecule is NC1C2CCCC1CC(C(=O)Nc1ccc(Br)c(F)c1)C2. The first-order valence-corrected chi connectivity index (χ1v) is 8.35. The van der Waals surface area contributed by atoms with Crippen LogP contribution in [0.2, 0.25) is 0 Å². The fourth-order valence-electron chi connectivity index (χ4n) is 3.82. The second-order valence-electron chi connectivity index (χ2n) is 6.31. The number of rotatable bonds is 2. The molecule has 0 aliphatic heterocycles. The van der Waals surface area contributed by atoms with Gasteiger partial charge in [-0.15, -0.1) is 0 Å². The fraction of sp³-hybridized carbons (Fsp3) is 0.562. The zero-order valence-corrected chi connectivity index (χ0v) is 13.4. The summed E-state index contributed by atoms with van der Waals surface area (Å²) in [7, 11) is 0. The summed E-state index contributed by atoms with van der Waals surface area (Å²) in [5, 5.41) is 2.84. The van der Waals surface area contributed by atoms with Crippen molar-refractivity contribution in [2.45, 2.75) is 38.1 Å². The van der Waals surface area contributed by atoms with E-state index in [1.54, 1.807) is 12.1 Å². The van der Waals surface area contributed by atoms with E-state index < -0.39 is 0 Å². The topological polar surface area (TPSA) is 55.1 Å². The van der Waals surface area contributed by atoms with Gasteiger partial charge >= 0.3 is 0 Å². The third-order valence-electron chi connectivity index (χ3n) is 4.97. The largest absolute Gasteiger partial charge is 0.327 e. The molecular formula is C16H20BrFN2O. The summed E-state index contributed by atoms with van der Waals surface area (Å²) in [6.45, 7) is 0. The average molecular weight is 355 g/mol. The number of hydrogen-bond acceptors (Lipinski definition) is 2. The summed E-state index contributed by atoms with van der Waals surface area (Å²) >= 11 is 3.11. The maximum absolute atomic E-state index is 13.5. The van der Waals surface area contributed by atoms with Crippen molar-refractivity contribution in [3.63, 3.8) is 0 Å². The van der Waals surface area contributed by atoms with E-state index in [1.807, 2.05) is 0 Å². The van der Waals surface area contributed by atoms with Crippen molar-refractivity contribution in [1.29, 1.82) is 0 Å². The summed E-state index contributed by atoms with van der Waals surface area (Å²) in [5.74, 6) is 0.576. The fourth-order valence-corrected chi connectivity index (χ4v) is 4.07. The molecule has 0 heterocycles. The van der Waals surface area contributed by atoms with Gasteiger partial charge in [0.05, 0.1) is 4.47 Å². The number of carbonyl (C=O) groups is 1. The highest BCUT2D eigenvalue weighted by Gasteiger charge is 2.40. The lowest BCUT2D eigenvalue weighted by molar-refractivity contribution is -0.122. The molecule has 2 unspecified atom stereocenters. The van der Waals surface area contributed by atoms with Gasteiger partial charge in [-0.05, 0) is 71.6 Å². The van der Waals surface area contributed by atoms with Crippen molar-refractivity contribution >= 4 is 27.5 Å². The number of hydrogen-bond donors (Lipinski definition) is 2. The molecule has 0 saturated heterocycles. The van der Waals surface area contributed by atoms with Gasteiger partial charge < -0.3 is 11.1 Å². The lowest BCUT2D eigenvalue weighted by Gasteiger charge is -2.43. The Morgan fingerprint density at radius 3 is 2.57 bits per heavy atom. The summed E-state index contributed by atoms with van der Waals surface area (Å²) < 4.78 is 13.9. The van der Waals surface area contributed by atoms with Crippen LogP contribution in [-0.4, -0.2) is 11.9 Å². The van der Waals surface area contributed by atoms with Gasteiger partial charge in [-0.25, -0.2) is 4.39 Å². The van der Waals surface area contributed by atoms with Crippen LogP contribution in [0.4, 0.5) is 10.1 Å². The van der Waals surface area contributed by atoms with Crippen molar-refractivity contribution in [3.8, 4) is 0 Å². The van der Waals surface area contributed by atoms with Crippen LogP contribution >= 0.6 is 15.9 Å². The highest BCUT2D eigenvalue weighted by atomic mass is 79.9. The lowest BCUT2D eigenvalue weighted by Crippen LogP contribution is -2.48. The van der Waals surface area contributed by atoms with Crippen LogP contribution in [0.3, 0.4) is 0 Å². The Morgan fingerprint density at radius 2 is 1.95 bits per heavy atom. The molecule has 2 saturated carbocycles. The molecule has 2 aliphatic rings. The Morgan fingerprint density at radius 1 is 1.29 bits per heavy atom. The Kier molecular flexibility index (Phi) is 4.31. The molecule has 3 nitrogen and oxygen atoms in total. The van der Waals surface area contributed by atoms with Crippen molar-refractivity contribution in [2.75, 3.05) is 5.32 Å². The van der Waals surface area contributed by atoms with Gasteiger partial charge in [0.25, 0.3) is 0 Å². The van der Waals surface area contributed by atoms with E-state index in [0.717, 1.165) is 25.7 Å². The number of benzene rings is 1. The Bertz CT molecular complexity index is 537. The normalized spacial score (nSPS) is 31.8. The summed E-state index contributed by atoms with van der Waals surface area (Å²) in [4.78, 5) is 12.4.